The Bertz CT molecular complexity index is 1160. The zero-order chi connectivity index (χ0) is 24.1. The van der Waals surface area contributed by atoms with Gasteiger partial charge in [-0.3, -0.25) is 0 Å². The monoisotopic (exact) mass is 488 g/mol. The molecule has 4 rings (SSSR count). The molecule has 0 unspecified atom stereocenters. The van der Waals surface area contributed by atoms with Crippen molar-refractivity contribution in [3.63, 3.8) is 0 Å². The SMILES string of the molecule is COc1cc(OC)c(-c2cn3cc(CCCCOC(N)=O)c(N4CCOCC4)cc3n2)cc1Cl. The van der Waals surface area contributed by atoms with Crippen LogP contribution in [0.3, 0.4) is 0 Å². The van der Waals surface area contributed by atoms with E-state index in [9.17, 15) is 4.79 Å². The third-order valence-electron chi connectivity index (χ3n) is 5.84. The van der Waals surface area contributed by atoms with Crippen LogP contribution in [-0.2, 0) is 15.9 Å². The van der Waals surface area contributed by atoms with Crippen LogP contribution in [0.4, 0.5) is 10.5 Å². The summed E-state index contributed by atoms with van der Waals surface area (Å²) in [5.41, 5.74) is 9.75. The van der Waals surface area contributed by atoms with Gasteiger partial charge in [-0.05, 0) is 30.9 Å². The normalized spacial score (nSPS) is 13.8. The molecule has 182 valence electrons. The number of fused-ring (bicyclic) bond motifs is 1. The first-order valence-electron chi connectivity index (χ1n) is 11.2. The summed E-state index contributed by atoms with van der Waals surface area (Å²) < 4.78 is 23.3. The van der Waals surface area contributed by atoms with Crippen LogP contribution < -0.4 is 20.1 Å². The Morgan fingerprint density at radius 1 is 1.12 bits per heavy atom. The number of methoxy groups -OCH3 is 2. The first-order chi connectivity index (χ1) is 16.5. The summed E-state index contributed by atoms with van der Waals surface area (Å²) in [6, 6.07) is 5.69. The number of carbonyl (C=O) groups is 1. The number of unbranched alkanes of at least 4 members (excludes halogenated alkanes) is 1. The predicted octanol–water partition coefficient (Wildman–Crippen LogP) is 3.93. The molecule has 0 bridgehead atoms. The fourth-order valence-corrected chi connectivity index (χ4v) is 4.38. The highest BCUT2D eigenvalue weighted by molar-refractivity contribution is 6.32. The van der Waals surface area contributed by atoms with Gasteiger partial charge in [-0.15, -0.1) is 0 Å². The van der Waals surface area contributed by atoms with Gasteiger partial charge in [0.2, 0.25) is 0 Å². The third kappa shape index (κ3) is 5.31. The zero-order valence-electron chi connectivity index (χ0n) is 19.4. The molecule has 34 heavy (non-hydrogen) atoms. The maximum absolute atomic E-state index is 10.8. The molecule has 1 aromatic carbocycles. The predicted molar refractivity (Wildman–Crippen MR) is 130 cm³/mol. The van der Waals surface area contributed by atoms with E-state index < -0.39 is 6.09 Å². The summed E-state index contributed by atoms with van der Waals surface area (Å²) in [6.07, 6.45) is 5.77. The number of ether oxygens (including phenoxy) is 4. The van der Waals surface area contributed by atoms with Crippen LogP contribution >= 0.6 is 11.6 Å². The Morgan fingerprint density at radius 2 is 1.88 bits per heavy atom. The number of nitrogens with two attached hydrogens (primary N) is 1. The Kier molecular flexibility index (Phi) is 7.64. The second kappa shape index (κ2) is 10.8. The highest BCUT2D eigenvalue weighted by atomic mass is 35.5. The fourth-order valence-electron chi connectivity index (χ4n) is 4.14. The van der Waals surface area contributed by atoms with Crippen molar-refractivity contribution < 1.29 is 23.7 Å². The molecule has 1 amide bonds. The maximum atomic E-state index is 10.8. The number of aryl methyl sites for hydroxylation is 1. The van der Waals surface area contributed by atoms with Gasteiger partial charge in [0, 0.05) is 48.9 Å². The number of pyridine rings is 1. The van der Waals surface area contributed by atoms with Crippen LogP contribution in [0.5, 0.6) is 11.5 Å². The minimum atomic E-state index is -0.740. The quantitative estimate of drug-likeness (QED) is 0.455. The van der Waals surface area contributed by atoms with E-state index in [1.54, 1.807) is 20.3 Å². The highest BCUT2D eigenvalue weighted by Crippen LogP contribution is 2.38. The average Bonchev–Trinajstić information content (AvgIpc) is 3.26. The second-order valence-corrected chi connectivity index (χ2v) is 8.39. The number of nitrogens with zero attached hydrogens (tertiary/aromatic N) is 3. The standard InChI is InChI=1S/C24H29ClN4O5/c1-31-21-13-22(32-2)18(25)11-17(21)19-15-29-14-16(5-3-4-8-34-24(26)30)20(12-23(29)27-19)28-6-9-33-10-7-28/h11-15H,3-10H2,1-2H3,(H2,26,30). The number of amides is 1. The summed E-state index contributed by atoms with van der Waals surface area (Å²) in [6.45, 7) is 3.35. The van der Waals surface area contributed by atoms with Gasteiger partial charge in [-0.1, -0.05) is 11.6 Å². The van der Waals surface area contributed by atoms with Crippen LogP contribution in [0, 0.1) is 0 Å². The first kappa shape index (κ1) is 24.0. The van der Waals surface area contributed by atoms with Crippen molar-refractivity contribution in [2.75, 3.05) is 52.0 Å². The number of primary amides is 1. The molecule has 1 fully saturated rings. The number of carbonyl (C=O) groups excluding carboxylic acids is 1. The molecule has 0 radical (unpaired) electrons. The van der Waals surface area contributed by atoms with E-state index in [2.05, 4.69) is 17.2 Å². The van der Waals surface area contributed by atoms with Gasteiger partial charge >= 0.3 is 6.09 Å². The van der Waals surface area contributed by atoms with E-state index in [0.717, 1.165) is 54.9 Å². The van der Waals surface area contributed by atoms with Gasteiger partial charge in [0.1, 0.15) is 17.1 Å². The van der Waals surface area contributed by atoms with Crippen LogP contribution in [0.15, 0.2) is 30.6 Å². The van der Waals surface area contributed by atoms with E-state index in [4.69, 9.17) is 41.3 Å². The Labute approximate surface area is 203 Å². The van der Waals surface area contributed by atoms with Crippen molar-refractivity contribution in [2.24, 2.45) is 5.73 Å². The zero-order valence-corrected chi connectivity index (χ0v) is 20.1. The summed E-state index contributed by atoms with van der Waals surface area (Å²) in [5, 5.41) is 0.489. The van der Waals surface area contributed by atoms with E-state index in [1.807, 2.05) is 16.7 Å². The molecule has 2 N–H and O–H groups in total. The fraction of sp³-hybridized carbons (Fsp3) is 0.417. The Balaban J connectivity index is 1.68. The highest BCUT2D eigenvalue weighted by Gasteiger charge is 2.19. The summed E-state index contributed by atoms with van der Waals surface area (Å²) >= 11 is 6.39. The van der Waals surface area contributed by atoms with Crippen molar-refractivity contribution in [3.05, 3.63) is 41.2 Å². The lowest BCUT2D eigenvalue weighted by Crippen LogP contribution is -2.36. The van der Waals surface area contributed by atoms with E-state index >= 15 is 0 Å². The number of imidazole rings is 1. The van der Waals surface area contributed by atoms with Crippen molar-refractivity contribution in [2.45, 2.75) is 19.3 Å². The number of halogens is 1. The Hall–Kier alpha value is -3.17. The molecule has 3 heterocycles. The molecule has 10 heteroatoms. The van der Waals surface area contributed by atoms with E-state index in [1.165, 1.54) is 5.56 Å². The number of anilines is 1. The molecule has 1 aliphatic rings. The molecule has 9 nitrogen and oxygen atoms in total. The molecular weight excluding hydrogens is 460 g/mol. The number of hydrogen-bond donors (Lipinski definition) is 1. The molecule has 0 aliphatic carbocycles. The smallest absolute Gasteiger partial charge is 0.404 e. The summed E-state index contributed by atoms with van der Waals surface area (Å²) in [7, 11) is 3.18. The number of hydrogen-bond acceptors (Lipinski definition) is 7. The van der Waals surface area contributed by atoms with Crippen molar-refractivity contribution in [3.8, 4) is 22.8 Å². The van der Waals surface area contributed by atoms with Crippen LogP contribution in [0.25, 0.3) is 16.9 Å². The Morgan fingerprint density at radius 3 is 2.59 bits per heavy atom. The molecule has 1 aliphatic heterocycles. The number of morpholine rings is 1. The van der Waals surface area contributed by atoms with Crippen molar-refractivity contribution in [1.29, 1.82) is 0 Å². The van der Waals surface area contributed by atoms with Crippen LogP contribution in [0.1, 0.15) is 18.4 Å². The number of benzene rings is 1. The lowest BCUT2D eigenvalue weighted by Gasteiger charge is -2.30. The van der Waals surface area contributed by atoms with Gasteiger partial charge in [-0.2, -0.15) is 0 Å². The molecule has 3 aromatic rings. The van der Waals surface area contributed by atoms with Gasteiger partial charge in [-0.25, -0.2) is 9.78 Å². The second-order valence-electron chi connectivity index (χ2n) is 7.99. The van der Waals surface area contributed by atoms with Gasteiger partial charge in [0.05, 0.1) is 44.8 Å². The largest absolute Gasteiger partial charge is 0.496 e. The van der Waals surface area contributed by atoms with Crippen molar-refractivity contribution in [1.82, 2.24) is 9.38 Å². The van der Waals surface area contributed by atoms with Gasteiger partial charge in [0.25, 0.3) is 0 Å². The van der Waals surface area contributed by atoms with Gasteiger partial charge in [0.15, 0.2) is 0 Å². The van der Waals surface area contributed by atoms with Crippen LogP contribution in [-0.4, -0.2) is 62.6 Å². The molecule has 0 saturated carbocycles. The lowest BCUT2D eigenvalue weighted by molar-refractivity contribution is 0.122. The first-order valence-corrected chi connectivity index (χ1v) is 11.6. The van der Waals surface area contributed by atoms with Crippen LogP contribution in [0.2, 0.25) is 5.02 Å². The minimum Gasteiger partial charge on any atom is -0.496 e. The number of rotatable bonds is 9. The molecule has 0 atom stereocenters. The molecule has 2 aromatic heterocycles. The molecule has 1 saturated heterocycles. The minimum absolute atomic E-state index is 0.317. The van der Waals surface area contributed by atoms with E-state index in [0.29, 0.717) is 36.3 Å². The lowest BCUT2D eigenvalue weighted by atomic mass is 10.1. The maximum Gasteiger partial charge on any atom is 0.404 e. The molecule has 0 spiro atoms. The van der Waals surface area contributed by atoms with Gasteiger partial charge < -0.3 is 34.0 Å². The molecular formula is C24H29ClN4O5. The summed E-state index contributed by atoms with van der Waals surface area (Å²) in [5.74, 6) is 1.18. The topological polar surface area (TPSA) is 101 Å². The van der Waals surface area contributed by atoms with Crippen molar-refractivity contribution >= 4 is 29.0 Å². The number of aromatic nitrogens is 2. The van der Waals surface area contributed by atoms with E-state index in [-0.39, 0.29) is 0 Å². The summed E-state index contributed by atoms with van der Waals surface area (Å²) in [4.78, 5) is 18.0. The average molecular weight is 489 g/mol. The third-order valence-corrected chi connectivity index (χ3v) is 6.13.